The van der Waals surface area contributed by atoms with Gasteiger partial charge in [-0.3, -0.25) is 0 Å². The first-order valence-corrected chi connectivity index (χ1v) is 19.2. The molecular formula is C32H104N8O12Si2. The molecule has 0 radical (unpaired) electrons. The summed E-state index contributed by atoms with van der Waals surface area (Å²) in [6.45, 7) is 0. The third-order valence-electron chi connectivity index (χ3n) is 0. The molecule has 0 bridgehead atoms. The van der Waals surface area contributed by atoms with Gasteiger partial charge in [-0.25, -0.2) is 0 Å². The van der Waals surface area contributed by atoms with Crippen molar-refractivity contribution < 1.29 is 96.1 Å². The fourth-order valence-corrected chi connectivity index (χ4v) is 0. The standard InChI is InChI=1S/8C4H12N.2O4Si.4H2O/c10*1-5(2,3)4;;;;/h8*1-4H3;;;4*1H2/q8*+1;2*-4;;;;. The molecule has 352 valence electrons. The van der Waals surface area contributed by atoms with Gasteiger partial charge in [-0.15, -0.1) is 0 Å². The zero-order chi connectivity index (χ0) is 45.0. The van der Waals surface area contributed by atoms with Crippen LogP contribution in [0.2, 0.25) is 0 Å². The van der Waals surface area contributed by atoms with E-state index >= 15 is 0 Å². The molecule has 0 unspecified atom stereocenters. The molecular weight excluding hydrogens is 745 g/mol. The van der Waals surface area contributed by atoms with E-state index in [0.717, 1.165) is 35.9 Å². The van der Waals surface area contributed by atoms with Crippen molar-refractivity contribution in [3.8, 4) is 0 Å². The Morgan fingerprint density at radius 1 is 0.167 bits per heavy atom. The Morgan fingerprint density at radius 2 is 0.167 bits per heavy atom. The number of quaternary nitrogens is 8. The molecule has 54 heavy (non-hydrogen) atoms. The molecule has 0 aliphatic rings. The zero-order valence-corrected chi connectivity index (χ0v) is 43.8. The van der Waals surface area contributed by atoms with Crippen molar-refractivity contribution in [1.29, 1.82) is 0 Å². The van der Waals surface area contributed by atoms with Crippen molar-refractivity contribution in [3.05, 3.63) is 0 Å². The van der Waals surface area contributed by atoms with Gasteiger partial charge in [0, 0.05) is 0 Å². The molecule has 0 amide bonds. The third-order valence-corrected chi connectivity index (χ3v) is 0. The van der Waals surface area contributed by atoms with E-state index in [0.29, 0.717) is 0 Å². The number of nitrogens with zero attached hydrogens (tertiary/aromatic N) is 8. The molecule has 0 aliphatic carbocycles. The van der Waals surface area contributed by atoms with Crippen LogP contribution in [-0.2, 0) is 0 Å². The summed E-state index contributed by atoms with van der Waals surface area (Å²) in [4.78, 5) is 68.6. The van der Waals surface area contributed by atoms with E-state index in [1.807, 2.05) is 0 Å². The Labute approximate surface area is 339 Å². The average molecular weight is 849 g/mol. The Bertz CT molecular complexity index is 436. The fourth-order valence-electron chi connectivity index (χ4n) is 0. The SMILES string of the molecule is C[N+](C)(C)C.C[N+](C)(C)C.C[N+](C)(C)C.C[N+](C)(C)C.C[N+](C)(C)C.C[N+](C)(C)C.C[N+](C)(C)C.C[N+](C)(C)C.O.O.O.O.[O-][Si]([O-])([O-])[O-].[O-][Si]([O-])([O-])[O-]. The lowest BCUT2D eigenvalue weighted by atomic mass is 10.8. The summed E-state index contributed by atoms with van der Waals surface area (Å²) in [5.74, 6) is 0. The quantitative estimate of drug-likeness (QED) is 0.166. The van der Waals surface area contributed by atoms with E-state index in [4.69, 9.17) is 38.4 Å². The van der Waals surface area contributed by atoms with Crippen LogP contribution in [0, 0.1) is 0 Å². The van der Waals surface area contributed by atoms with Crippen LogP contribution in [0.15, 0.2) is 0 Å². The molecule has 0 spiro atoms. The highest BCUT2D eigenvalue weighted by Gasteiger charge is 1.91. The van der Waals surface area contributed by atoms with Gasteiger partial charge in [-0.05, 0) is 0 Å². The van der Waals surface area contributed by atoms with Crippen LogP contribution in [0.25, 0.3) is 0 Å². The summed E-state index contributed by atoms with van der Waals surface area (Å²) in [5.41, 5.74) is 0. The van der Waals surface area contributed by atoms with E-state index in [1.54, 1.807) is 0 Å². The van der Waals surface area contributed by atoms with Gasteiger partial charge in [0.1, 0.15) is 0 Å². The smallest absolute Gasteiger partial charge is 0.0675 e. The van der Waals surface area contributed by atoms with Gasteiger partial charge in [-0.2, -0.15) is 0 Å². The highest BCUT2D eigenvalue weighted by molar-refractivity contribution is 6.38. The van der Waals surface area contributed by atoms with E-state index in [-0.39, 0.29) is 21.9 Å². The van der Waals surface area contributed by atoms with Crippen molar-refractivity contribution in [1.82, 2.24) is 0 Å². The summed E-state index contributed by atoms with van der Waals surface area (Å²) in [6, 6.07) is 0. The lowest BCUT2D eigenvalue weighted by Crippen LogP contribution is -2.82. The van der Waals surface area contributed by atoms with Gasteiger partial charge >= 0.3 is 0 Å². The molecule has 0 aromatic rings. The average Bonchev–Trinajstić information content (AvgIpc) is 2.34. The molecule has 0 aromatic heterocycles. The van der Waals surface area contributed by atoms with Gasteiger partial charge in [0.25, 0.3) is 0 Å². The molecule has 8 N–H and O–H groups in total. The van der Waals surface area contributed by atoms with Gasteiger partial charge in [-0.1, -0.05) is 0 Å². The van der Waals surface area contributed by atoms with Crippen molar-refractivity contribution in [2.24, 2.45) is 0 Å². The predicted octanol–water partition coefficient (Wildman–Crippen LogP) is -11.0. The molecule has 0 fully saturated rings. The number of hydrogen-bond acceptors (Lipinski definition) is 8. The lowest BCUT2D eigenvalue weighted by molar-refractivity contribution is -0.849. The van der Waals surface area contributed by atoms with Crippen LogP contribution in [0.5, 0.6) is 0 Å². The Balaban J connectivity index is -0.0000000272. The van der Waals surface area contributed by atoms with Crippen LogP contribution in [-0.4, -0.2) is 301 Å². The van der Waals surface area contributed by atoms with Crippen molar-refractivity contribution >= 4 is 18.1 Å². The van der Waals surface area contributed by atoms with Crippen LogP contribution in [0.4, 0.5) is 0 Å². The Kier molecular flexibility index (Phi) is 69.1. The zero-order valence-electron chi connectivity index (χ0n) is 41.8. The molecule has 0 saturated carbocycles. The highest BCUT2D eigenvalue weighted by Crippen LogP contribution is 1.76. The first kappa shape index (κ1) is 94.6. The van der Waals surface area contributed by atoms with E-state index in [1.165, 1.54) is 0 Å². The lowest BCUT2D eigenvalue weighted by Gasteiger charge is -2.67. The van der Waals surface area contributed by atoms with Gasteiger partial charge in [0.15, 0.2) is 0 Å². The maximum absolute atomic E-state index is 8.58. The van der Waals surface area contributed by atoms with Crippen molar-refractivity contribution in [2.75, 3.05) is 226 Å². The van der Waals surface area contributed by atoms with Gasteiger partial charge in [0.2, 0.25) is 0 Å². The molecule has 0 rings (SSSR count). The third kappa shape index (κ3) is 987000. The monoisotopic (exact) mass is 849 g/mol. The van der Waals surface area contributed by atoms with Crippen molar-refractivity contribution in [3.63, 3.8) is 0 Å². The molecule has 0 atom stereocenters. The first-order valence-electron chi connectivity index (χ1n) is 15.9. The molecule has 0 saturated heterocycles. The molecule has 0 heterocycles. The van der Waals surface area contributed by atoms with Crippen LogP contribution < -0.4 is 38.4 Å². The number of hydrogen-bond donors (Lipinski definition) is 0. The topological polar surface area (TPSA) is 310 Å². The second-order valence-electron chi connectivity index (χ2n) is 22.5. The van der Waals surface area contributed by atoms with E-state index in [9.17, 15) is 0 Å². The minimum Gasteiger partial charge on any atom is -0.894 e. The molecule has 22 heteroatoms. The van der Waals surface area contributed by atoms with Crippen LogP contribution >= 0.6 is 0 Å². The first-order chi connectivity index (χ1) is 20.0. The van der Waals surface area contributed by atoms with Gasteiger partial charge < -0.3 is 114 Å². The molecule has 20 nitrogen and oxygen atoms in total. The predicted molar refractivity (Wildman–Crippen MR) is 218 cm³/mol. The normalized spacial score (nSPS) is 11.1. The van der Waals surface area contributed by atoms with E-state index in [2.05, 4.69) is 226 Å². The summed E-state index contributed by atoms with van der Waals surface area (Å²) in [5, 5.41) is 0. The van der Waals surface area contributed by atoms with Crippen LogP contribution in [0.3, 0.4) is 0 Å². The maximum atomic E-state index is 8.58. The Hall–Kier alpha value is -0.366. The van der Waals surface area contributed by atoms with Gasteiger partial charge in [0.05, 0.1) is 226 Å². The minimum atomic E-state index is -5.61. The summed E-state index contributed by atoms with van der Waals surface area (Å²) >= 11 is 0. The largest absolute Gasteiger partial charge is 0.894 e. The summed E-state index contributed by atoms with van der Waals surface area (Å²) < 4.78 is 8.00. The second-order valence-corrected chi connectivity index (χ2v) is 24.5. The number of rotatable bonds is 0. The minimum absolute atomic E-state index is 0. The molecule has 0 aliphatic heterocycles. The summed E-state index contributed by atoms with van der Waals surface area (Å²) in [6.07, 6.45) is 0. The fraction of sp³-hybridized carbons (Fsp3) is 1.00. The highest BCUT2D eigenvalue weighted by atomic mass is 28.4. The van der Waals surface area contributed by atoms with Crippen molar-refractivity contribution in [2.45, 2.75) is 0 Å². The second kappa shape index (κ2) is 39.5. The maximum Gasteiger partial charge on any atom is 0.0675 e. The van der Waals surface area contributed by atoms with Crippen LogP contribution in [0.1, 0.15) is 0 Å². The summed E-state index contributed by atoms with van der Waals surface area (Å²) in [7, 11) is 56.8. The Morgan fingerprint density at radius 3 is 0.167 bits per heavy atom. The molecule has 0 aromatic carbocycles. The van der Waals surface area contributed by atoms with E-state index < -0.39 is 18.1 Å².